The van der Waals surface area contributed by atoms with E-state index < -0.39 is 0 Å². The lowest BCUT2D eigenvalue weighted by molar-refractivity contribution is 0.220. The van der Waals surface area contributed by atoms with Crippen molar-refractivity contribution in [3.05, 3.63) is 0 Å². The molecule has 0 spiro atoms. The Morgan fingerprint density at radius 2 is 2.38 bits per heavy atom. The molecule has 0 amide bonds. The van der Waals surface area contributed by atoms with Crippen LogP contribution in [0, 0.1) is 0 Å². The van der Waals surface area contributed by atoms with Crippen LogP contribution in [0.2, 0.25) is 0 Å². The van der Waals surface area contributed by atoms with Gasteiger partial charge in [-0.15, -0.1) is 17.5 Å². The third-order valence-corrected chi connectivity index (χ3v) is 2.35. The molecule has 0 saturated carbocycles. The van der Waals surface area contributed by atoms with Crippen LogP contribution < -0.4 is 15.8 Å². The predicted molar refractivity (Wildman–Crippen MR) is 53.5 cm³/mol. The first-order valence-corrected chi connectivity index (χ1v) is 4.62. The second kappa shape index (κ2) is 4.59. The lowest BCUT2D eigenvalue weighted by Gasteiger charge is -2.06. The smallest absolute Gasteiger partial charge is 0.296 e. The van der Waals surface area contributed by atoms with E-state index in [1.54, 1.807) is 0 Å². The summed E-state index contributed by atoms with van der Waals surface area (Å²) in [4.78, 5) is 0. The van der Waals surface area contributed by atoms with Gasteiger partial charge in [-0.25, -0.2) is 0 Å². The number of nitrogen functional groups attached to an aromatic ring is 1. The minimum absolute atomic E-state index is 0. The average molecular weight is 223 g/mol. The number of halogens is 1. The molecule has 1 unspecified atom stereocenters. The van der Waals surface area contributed by atoms with Crippen LogP contribution in [0.1, 0.15) is 6.42 Å². The molecule has 2 rings (SSSR count). The second-order valence-corrected chi connectivity index (χ2v) is 3.61. The Kier molecular flexibility index (Phi) is 3.71. The highest BCUT2D eigenvalue weighted by molar-refractivity contribution is 7.16. The molecule has 0 radical (unpaired) electrons. The molecule has 1 aliphatic rings. The SMILES string of the molecule is Cl.Nc1nnc(OC2CCNC2)s1. The Morgan fingerprint density at radius 1 is 1.54 bits per heavy atom. The van der Waals surface area contributed by atoms with Gasteiger partial charge in [-0.05, 0) is 24.3 Å². The van der Waals surface area contributed by atoms with Crippen molar-refractivity contribution in [3.8, 4) is 5.19 Å². The third-order valence-electron chi connectivity index (χ3n) is 1.70. The van der Waals surface area contributed by atoms with E-state index in [4.69, 9.17) is 10.5 Å². The number of aromatic nitrogens is 2. The molecule has 1 fully saturated rings. The Balaban J connectivity index is 0.000000845. The maximum Gasteiger partial charge on any atom is 0.296 e. The van der Waals surface area contributed by atoms with E-state index in [-0.39, 0.29) is 18.5 Å². The van der Waals surface area contributed by atoms with Crippen LogP contribution in [0.15, 0.2) is 0 Å². The van der Waals surface area contributed by atoms with Gasteiger partial charge in [-0.1, -0.05) is 5.10 Å². The summed E-state index contributed by atoms with van der Waals surface area (Å²) in [5.74, 6) is 0. The minimum Gasteiger partial charge on any atom is -0.464 e. The van der Waals surface area contributed by atoms with Gasteiger partial charge in [0.2, 0.25) is 5.13 Å². The molecule has 1 aromatic heterocycles. The summed E-state index contributed by atoms with van der Waals surface area (Å²) >= 11 is 1.28. The molecule has 1 aromatic rings. The molecule has 7 heteroatoms. The zero-order chi connectivity index (χ0) is 8.39. The number of nitrogens with two attached hydrogens (primary N) is 1. The first-order valence-electron chi connectivity index (χ1n) is 3.81. The lowest BCUT2D eigenvalue weighted by atomic mass is 10.3. The first kappa shape index (κ1) is 10.5. The van der Waals surface area contributed by atoms with Crippen molar-refractivity contribution in [2.75, 3.05) is 18.8 Å². The van der Waals surface area contributed by atoms with Crippen molar-refractivity contribution in [2.24, 2.45) is 0 Å². The van der Waals surface area contributed by atoms with Crippen LogP contribution in [-0.4, -0.2) is 29.4 Å². The summed E-state index contributed by atoms with van der Waals surface area (Å²) in [5.41, 5.74) is 5.40. The van der Waals surface area contributed by atoms with Crippen LogP contribution in [0.3, 0.4) is 0 Å². The van der Waals surface area contributed by atoms with Crippen molar-refractivity contribution in [2.45, 2.75) is 12.5 Å². The van der Waals surface area contributed by atoms with Gasteiger partial charge in [0.15, 0.2) is 0 Å². The molecule has 5 nitrogen and oxygen atoms in total. The average Bonchev–Trinajstić information content (AvgIpc) is 2.63. The Bertz CT molecular complexity index is 263. The lowest BCUT2D eigenvalue weighted by Crippen LogP contribution is -2.19. The molecule has 0 aromatic carbocycles. The van der Waals surface area contributed by atoms with Crippen LogP contribution in [-0.2, 0) is 0 Å². The van der Waals surface area contributed by atoms with Crippen LogP contribution >= 0.6 is 23.7 Å². The Morgan fingerprint density at radius 3 is 2.92 bits per heavy atom. The van der Waals surface area contributed by atoms with E-state index in [0.717, 1.165) is 19.5 Å². The molecule has 13 heavy (non-hydrogen) atoms. The first-order chi connectivity index (χ1) is 5.84. The number of rotatable bonds is 2. The highest BCUT2D eigenvalue weighted by atomic mass is 35.5. The zero-order valence-electron chi connectivity index (χ0n) is 6.90. The van der Waals surface area contributed by atoms with E-state index in [0.29, 0.717) is 10.3 Å². The Hall–Kier alpha value is -0.590. The maximum absolute atomic E-state index is 5.50. The molecule has 1 atom stereocenters. The highest BCUT2D eigenvalue weighted by Gasteiger charge is 2.17. The molecular weight excluding hydrogens is 212 g/mol. The number of hydrogen-bond acceptors (Lipinski definition) is 6. The van der Waals surface area contributed by atoms with Crippen molar-refractivity contribution in [3.63, 3.8) is 0 Å². The van der Waals surface area contributed by atoms with Gasteiger partial charge in [0, 0.05) is 6.54 Å². The van der Waals surface area contributed by atoms with E-state index in [9.17, 15) is 0 Å². The van der Waals surface area contributed by atoms with Gasteiger partial charge in [0.05, 0.1) is 0 Å². The van der Waals surface area contributed by atoms with E-state index in [1.165, 1.54) is 11.3 Å². The third kappa shape index (κ3) is 2.68. The summed E-state index contributed by atoms with van der Waals surface area (Å²) in [5, 5.41) is 11.7. The van der Waals surface area contributed by atoms with Crippen molar-refractivity contribution in [1.82, 2.24) is 15.5 Å². The summed E-state index contributed by atoms with van der Waals surface area (Å²) in [6, 6.07) is 0. The van der Waals surface area contributed by atoms with Gasteiger partial charge in [-0.2, -0.15) is 0 Å². The monoisotopic (exact) mass is 222 g/mol. The van der Waals surface area contributed by atoms with Crippen molar-refractivity contribution >= 4 is 28.9 Å². The summed E-state index contributed by atoms with van der Waals surface area (Å²) in [7, 11) is 0. The molecule has 1 aliphatic heterocycles. The topological polar surface area (TPSA) is 73.1 Å². The fourth-order valence-electron chi connectivity index (χ4n) is 1.14. The number of ether oxygens (including phenoxy) is 1. The zero-order valence-corrected chi connectivity index (χ0v) is 8.53. The molecule has 74 valence electrons. The number of anilines is 1. The standard InChI is InChI=1S/C6H10N4OS.ClH/c7-5-9-10-6(12-5)11-4-1-2-8-3-4;/h4,8H,1-3H2,(H2,7,9);1H. The Labute approximate surface area is 86.1 Å². The van der Waals surface area contributed by atoms with Crippen LogP contribution in [0.5, 0.6) is 5.19 Å². The van der Waals surface area contributed by atoms with Gasteiger partial charge < -0.3 is 15.8 Å². The molecule has 2 heterocycles. The van der Waals surface area contributed by atoms with Crippen molar-refractivity contribution < 1.29 is 4.74 Å². The molecule has 3 N–H and O–H groups in total. The molecular formula is C6H11ClN4OS. The summed E-state index contributed by atoms with van der Waals surface area (Å²) in [6.45, 7) is 1.90. The van der Waals surface area contributed by atoms with Gasteiger partial charge in [0.25, 0.3) is 5.19 Å². The van der Waals surface area contributed by atoms with Gasteiger partial charge in [-0.3, -0.25) is 0 Å². The predicted octanol–water partition coefficient (Wildman–Crippen LogP) is 0.283. The quantitative estimate of drug-likeness (QED) is 0.752. The van der Waals surface area contributed by atoms with Gasteiger partial charge in [0.1, 0.15) is 6.10 Å². The fraction of sp³-hybridized carbons (Fsp3) is 0.667. The largest absolute Gasteiger partial charge is 0.464 e. The number of nitrogens with zero attached hydrogens (tertiary/aromatic N) is 2. The second-order valence-electron chi connectivity index (χ2n) is 2.64. The number of hydrogen-bond donors (Lipinski definition) is 2. The van der Waals surface area contributed by atoms with E-state index in [2.05, 4.69) is 15.5 Å². The maximum atomic E-state index is 5.50. The van der Waals surface area contributed by atoms with Gasteiger partial charge >= 0.3 is 0 Å². The minimum atomic E-state index is 0. The van der Waals surface area contributed by atoms with Crippen LogP contribution in [0.4, 0.5) is 5.13 Å². The highest BCUT2D eigenvalue weighted by Crippen LogP contribution is 2.21. The molecule has 1 saturated heterocycles. The number of nitrogens with one attached hydrogen (secondary N) is 1. The van der Waals surface area contributed by atoms with Crippen molar-refractivity contribution in [1.29, 1.82) is 0 Å². The summed E-state index contributed by atoms with van der Waals surface area (Å²) in [6.07, 6.45) is 1.26. The van der Waals surface area contributed by atoms with E-state index >= 15 is 0 Å². The summed E-state index contributed by atoms with van der Waals surface area (Å²) < 4.78 is 5.50. The molecule has 0 bridgehead atoms. The van der Waals surface area contributed by atoms with Crippen LogP contribution in [0.25, 0.3) is 0 Å². The van der Waals surface area contributed by atoms with E-state index in [1.807, 2.05) is 0 Å². The fourth-order valence-corrected chi connectivity index (χ4v) is 1.67. The molecule has 0 aliphatic carbocycles. The normalized spacial score (nSPS) is 21.1.